The Morgan fingerprint density at radius 2 is 1.61 bits per heavy atom. The lowest BCUT2D eigenvalue weighted by atomic mass is 10.1. The van der Waals surface area contributed by atoms with Crippen LogP contribution in [0.3, 0.4) is 0 Å². The molecule has 7 heteroatoms. The zero-order valence-electron chi connectivity index (χ0n) is 18.1. The Labute approximate surface area is 196 Å². The molecule has 6 nitrogen and oxygen atoms in total. The third-order valence-electron chi connectivity index (χ3n) is 5.11. The summed E-state index contributed by atoms with van der Waals surface area (Å²) in [5.74, 6) is -0.515. The van der Waals surface area contributed by atoms with Gasteiger partial charge in [-0.2, -0.15) is 4.98 Å². The van der Waals surface area contributed by atoms with Crippen molar-refractivity contribution in [3.63, 3.8) is 0 Å². The summed E-state index contributed by atoms with van der Waals surface area (Å²) in [6.07, 6.45) is 0.254. The maximum absolute atomic E-state index is 13.4. The molecular formula is C26H23N3O3S. The highest BCUT2D eigenvalue weighted by Crippen LogP contribution is 2.24. The summed E-state index contributed by atoms with van der Waals surface area (Å²) in [5, 5.41) is 13.7. The highest BCUT2D eigenvalue weighted by molar-refractivity contribution is 7.99. The predicted octanol–water partition coefficient (Wildman–Crippen LogP) is 4.57. The minimum absolute atomic E-state index is 0.0328. The number of thioether (sulfide) groups is 1. The molecule has 166 valence electrons. The molecule has 0 saturated carbocycles. The van der Waals surface area contributed by atoms with Gasteiger partial charge < -0.3 is 10.4 Å². The van der Waals surface area contributed by atoms with Gasteiger partial charge in [0.05, 0.1) is 17.0 Å². The highest BCUT2D eigenvalue weighted by atomic mass is 32.2. The molecule has 1 amide bonds. The van der Waals surface area contributed by atoms with Crippen molar-refractivity contribution in [3.8, 4) is 11.6 Å². The number of benzene rings is 3. The lowest BCUT2D eigenvalue weighted by Gasteiger charge is -2.15. The largest absolute Gasteiger partial charge is 0.493 e. The van der Waals surface area contributed by atoms with Crippen molar-refractivity contribution in [2.75, 3.05) is 11.1 Å². The molecule has 0 radical (unpaired) electrons. The van der Waals surface area contributed by atoms with E-state index in [9.17, 15) is 14.7 Å². The first kappa shape index (κ1) is 22.4. The number of aromatic nitrogens is 2. The van der Waals surface area contributed by atoms with Crippen LogP contribution in [-0.2, 0) is 11.2 Å². The summed E-state index contributed by atoms with van der Waals surface area (Å²) < 4.78 is 1.45. The number of aryl methyl sites for hydroxylation is 1. The first-order valence-electron chi connectivity index (χ1n) is 10.5. The number of nitrogens with zero attached hydrogens (tertiary/aromatic N) is 2. The van der Waals surface area contributed by atoms with E-state index in [1.807, 2.05) is 79.7 Å². The van der Waals surface area contributed by atoms with Crippen LogP contribution in [0.5, 0.6) is 5.88 Å². The third-order valence-corrected chi connectivity index (χ3v) is 6.05. The quantitative estimate of drug-likeness (QED) is 0.314. The molecule has 33 heavy (non-hydrogen) atoms. The fourth-order valence-electron chi connectivity index (χ4n) is 3.41. The summed E-state index contributed by atoms with van der Waals surface area (Å²) in [6.45, 7) is 1.92. The van der Waals surface area contributed by atoms with Crippen molar-refractivity contribution >= 4 is 23.4 Å². The van der Waals surface area contributed by atoms with E-state index < -0.39 is 0 Å². The number of hydrogen-bond donors (Lipinski definition) is 2. The average molecular weight is 458 g/mol. The van der Waals surface area contributed by atoms with Gasteiger partial charge in [0.15, 0.2) is 5.16 Å². The van der Waals surface area contributed by atoms with Crippen LogP contribution in [-0.4, -0.2) is 26.3 Å². The van der Waals surface area contributed by atoms with E-state index in [4.69, 9.17) is 0 Å². The van der Waals surface area contributed by atoms with E-state index in [0.717, 1.165) is 28.6 Å². The second kappa shape index (κ2) is 10.2. The topological polar surface area (TPSA) is 84.2 Å². The fraction of sp³-hybridized carbons (Fsp3) is 0.115. The molecule has 4 aromatic rings. The number of amides is 1. The summed E-state index contributed by atoms with van der Waals surface area (Å²) in [4.78, 5) is 30.3. The number of rotatable bonds is 7. The Bertz CT molecular complexity index is 1320. The minimum atomic E-state index is -0.362. The number of hydrogen-bond acceptors (Lipinski definition) is 5. The van der Waals surface area contributed by atoms with Crippen molar-refractivity contribution < 1.29 is 9.90 Å². The molecule has 0 fully saturated rings. The van der Waals surface area contributed by atoms with Crippen LogP contribution in [0.2, 0.25) is 0 Å². The van der Waals surface area contributed by atoms with Crippen molar-refractivity contribution in [1.29, 1.82) is 0 Å². The molecule has 0 aliphatic carbocycles. The van der Waals surface area contributed by atoms with E-state index >= 15 is 0 Å². The Morgan fingerprint density at radius 1 is 0.970 bits per heavy atom. The molecule has 0 atom stereocenters. The predicted molar refractivity (Wildman–Crippen MR) is 131 cm³/mol. The van der Waals surface area contributed by atoms with Crippen LogP contribution in [0.1, 0.15) is 16.7 Å². The van der Waals surface area contributed by atoms with Gasteiger partial charge in [0.1, 0.15) is 0 Å². The van der Waals surface area contributed by atoms with E-state index in [1.54, 1.807) is 12.1 Å². The number of carbonyl (C=O) groups is 1. The van der Waals surface area contributed by atoms with Gasteiger partial charge in [-0.3, -0.25) is 14.2 Å². The van der Waals surface area contributed by atoms with Crippen LogP contribution < -0.4 is 10.9 Å². The van der Waals surface area contributed by atoms with Crippen LogP contribution in [0.25, 0.3) is 5.69 Å². The van der Waals surface area contributed by atoms with Gasteiger partial charge in [0.25, 0.3) is 5.56 Å². The zero-order valence-corrected chi connectivity index (χ0v) is 18.9. The maximum Gasteiger partial charge on any atom is 0.266 e. The Kier molecular flexibility index (Phi) is 6.90. The Morgan fingerprint density at radius 3 is 2.30 bits per heavy atom. The van der Waals surface area contributed by atoms with Gasteiger partial charge in [-0.25, -0.2) is 0 Å². The van der Waals surface area contributed by atoms with Gasteiger partial charge in [0.2, 0.25) is 11.8 Å². The summed E-state index contributed by atoms with van der Waals surface area (Å²) in [6, 6.07) is 26.1. The zero-order chi connectivity index (χ0) is 23.2. The van der Waals surface area contributed by atoms with Gasteiger partial charge in [-0.1, -0.05) is 78.5 Å². The normalized spacial score (nSPS) is 10.7. The van der Waals surface area contributed by atoms with E-state index in [-0.39, 0.29) is 40.2 Å². The van der Waals surface area contributed by atoms with Gasteiger partial charge in [-0.05, 0) is 36.2 Å². The van der Waals surface area contributed by atoms with Crippen molar-refractivity contribution in [2.24, 2.45) is 0 Å². The lowest BCUT2D eigenvalue weighted by molar-refractivity contribution is -0.113. The maximum atomic E-state index is 13.4. The third kappa shape index (κ3) is 5.32. The molecule has 1 aromatic heterocycles. The van der Waals surface area contributed by atoms with Gasteiger partial charge in [0, 0.05) is 12.1 Å². The van der Waals surface area contributed by atoms with Crippen molar-refractivity contribution in [2.45, 2.75) is 18.5 Å². The Balaban J connectivity index is 1.65. The molecular weight excluding hydrogens is 434 g/mol. The van der Waals surface area contributed by atoms with Crippen molar-refractivity contribution in [1.82, 2.24) is 9.55 Å². The Hall–Kier alpha value is -3.84. The molecule has 0 bridgehead atoms. The van der Waals surface area contributed by atoms with Crippen LogP contribution in [0.15, 0.2) is 94.9 Å². The monoisotopic (exact) mass is 457 g/mol. The molecule has 1 heterocycles. The second-order valence-corrected chi connectivity index (χ2v) is 8.43. The summed E-state index contributed by atoms with van der Waals surface area (Å²) in [5.41, 5.74) is 3.05. The van der Waals surface area contributed by atoms with Gasteiger partial charge in [-0.15, -0.1) is 0 Å². The number of anilines is 1. The molecule has 0 aliphatic rings. The lowest BCUT2D eigenvalue weighted by Crippen LogP contribution is -2.26. The minimum Gasteiger partial charge on any atom is -0.493 e. The first-order valence-corrected chi connectivity index (χ1v) is 11.4. The standard InChI is InChI=1S/C26H23N3O3S/c1-18-10-8-9-15-22(18)27-23(30)17-33-26-28-24(31)21(16-19-11-4-2-5-12-19)25(32)29(26)20-13-6-3-7-14-20/h2-15,31H,16-17H2,1H3,(H,27,30). The molecule has 0 spiro atoms. The van der Waals surface area contributed by atoms with E-state index in [0.29, 0.717) is 5.69 Å². The van der Waals surface area contributed by atoms with E-state index in [1.165, 1.54) is 4.57 Å². The molecule has 2 N–H and O–H groups in total. The fourth-order valence-corrected chi connectivity index (χ4v) is 4.21. The number of carbonyl (C=O) groups excluding carboxylic acids is 1. The molecule has 3 aromatic carbocycles. The van der Waals surface area contributed by atoms with Crippen LogP contribution in [0, 0.1) is 6.92 Å². The first-order chi connectivity index (χ1) is 16.0. The molecule has 0 aliphatic heterocycles. The smallest absolute Gasteiger partial charge is 0.266 e. The van der Waals surface area contributed by atoms with Crippen LogP contribution in [0.4, 0.5) is 5.69 Å². The van der Waals surface area contributed by atoms with Gasteiger partial charge >= 0.3 is 0 Å². The number of aromatic hydroxyl groups is 1. The average Bonchev–Trinajstić information content (AvgIpc) is 2.83. The number of nitrogens with one attached hydrogen (secondary N) is 1. The van der Waals surface area contributed by atoms with Crippen molar-refractivity contribution in [3.05, 3.63) is 112 Å². The van der Waals surface area contributed by atoms with E-state index in [2.05, 4.69) is 10.3 Å². The SMILES string of the molecule is Cc1ccccc1NC(=O)CSc1nc(O)c(Cc2ccccc2)c(=O)n1-c1ccccc1. The van der Waals surface area contributed by atoms with Crippen LogP contribution >= 0.6 is 11.8 Å². The molecule has 4 rings (SSSR count). The summed E-state index contributed by atoms with van der Waals surface area (Å²) >= 11 is 1.10. The molecule has 0 saturated heterocycles. The number of para-hydroxylation sites is 2. The second-order valence-electron chi connectivity index (χ2n) is 7.49. The summed E-state index contributed by atoms with van der Waals surface area (Å²) in [7, 11) is 0. The molecule has 0 unspecified atom stereocenters. The highest BCUT2D eigenvalue weighted by Gasteiger charge is 2.19.